The summed E-state index contributed by atoms with van der Waals surface area (Å²) in [7, 11) is -2.40. The van der Waals surface area contributed by atoms with E-state index in [9.17, 15) is 13.2 Å². The summed E-state index contributed by atoms with van der Waals surface area (Å²) in [5.41, 5.74) is 1.10. The van der Waals surface area contributed by atoms with E-state index in [2.05, 4.69) is 10.3 Å². The number of carbonyl (C=O) groups excluding carboxylic acids is 1. The Labute approximate surface area is 162 Å². The lowest BCUT2D eigenvalue weighted by Gasteiger charge is -2.20. The molecule has 2 aromatic carbocycles. The molecule has 6 nitrogen and oxygen atoms in total. The SMILES string of the molecule is CN(c1ccccc1)S(=O)(=O)c1ccc(Cl)c(C(=O)Nc2ccncc2)c1. The summed E-state index contributed by atoms with van der Waals surface area (Å²) in [5, 5.41) is 2.82. The summed E-state index contributed by atoms with van der Waals surface area (Å²) in [6, 6.07) is 15.9. The molecule has 1 N–H and O–H groups in total. The van der Waals surface area contributed by atoms with Crippen molar-refractivity contribution in [3.63, 3.8) is 0 Å². The van der Waals surface area contributed by atoms with E-state index in [1.807, 2.05) is 0 Å². The number of amides is 1. The van der Waals surface area contributed by atoms with Crippen LogP contribution in [-0.2, 0) is 10.0 Å². The molecular weight excluding hydrogens is 386 g/mol. The second kappa shape index (κ2) is 7.77. The number of para-hydroxylation sites is 1. The summed E-state index contributed by atoms with van der Waals surface area (Å²) in [5.74, 6) is -0.509. The van der Waals surface area contributed by atoms with Gasteiger partial charge in [0, 0.05) is 25.1 Å². The molecule has 27 heavy (non-hydrogen) atoms. The molecule has 0 spiro atoms. The van der Waals surface area contributed by atoms with Crippen molar-refractivity contribution < 1.29 is 13.2 Å². The third kappa shape index (κ3) is 4.10. The van der Waals surface area contributed by atoms with Gasteiger partial charge in [-0.05, 0) is 42.5 Å². The van der Waals surface area contributed by atoms with Crippen LogP contribution >= 0.6 is 11.6 Å². The van der Waals surface area contributed by atoms with Gasteiger partial charge in [0.25, 0.3) is 15.9 Å². The smallest absolute Gasteiger partial charge is 0.264 e. The van der Waals surface area contributed by atoms with Crippen LogP contribution in [0.3, 0.4) is 0 Å². The number of anilines is 2. The number of nitrogens with one attached hydrogen (secondary N) is 1. The normalized spacial score (nSPS) is 11.0. The van der Waals surface area contributed by atoms with Crippen LogP contribution in [0.15, 0.2) is 78.0 Å². The van der Waals surface area contributed by atoms with Crippen molar-refractivity contribution >= 4 is 38.9 Å². The summed E-state index contributed by atoms with van der Waals surface area (Å²) < 4.78 is 27.0. The lowest BCUT2D eigenvalue weighted by molar-refractivity contribution is 0.102. The van der Waals surface area contributed by atoms with Crippen molar-refractivity contribution in [3.05, 3.63) is 83.6 Å². The molecule has 0 bridgehead atoms. The summed E-state index contributed by atoms with van der Waals surface area (Å²) >= 11 is 6.12. The number of carbonyl (C=O) groups is 1. The molecule has 0 aliphatic carbocycles. The molecule has 8 heteroatoms. The van der Waals surface area contributed by atoms with Gasteiger partial charge in [0.1, 0.15) is 0 Å². The standard InChI is InChI=1S/C19H16ClN3O3S/c1-23(15-5-3-2-4-6-15)27(25,26)16-7-8-18(20)17(13-16)19(24)22-14-9-11-21-12-10-14/h2-13H,1H3,(H,21,22,24). The average Bonchev–Trinajstić information content (AvgIpc) is 2.69. The largest absolute Gasteiger partial charge is 0.322 e. The molecule has 138 valence electrons. The minimum Gasteiger partial charge on any atom is -0.322 e. The Bertz CT molecular complexity index is 1060. The Hall–Kier alpha value is -2.90. The number of nitrogens with zero attached hydrogens (tertiary/aromatic N) is 2. The zero-order valence-electron chi connectivity index (χ0n) is 14.3. The summed E-state index contributed by atoms with van der Waals surface area (Å²) in [6.45, 7) is 0. The van der Waals surface area contributed by atoms with E-state index in [1.165, 1.54) is 37.6 Å². The minimum absolute atomic E-state index is 0.0295. The monoisotopic (exact) mass is 401 g/mol. The number of rotatable bonds is 5. The van der Waals surface area contributed by atoms with Crippen LogP contribution in [0.2, 0.25) is 5.02 Å². The third-order valence-corrected chi connectivity index (χ3v) is 6.01. The van der Waals surface area contributed by atoms with Gasteiger partial charge >= 0.3 is 0 Å². The van der Waals surface area contributed by atoms with Gasteiger partial charge in [-0.2, -0.15) is 0 Å². The molecule has 1 amide bonds. The van der Waals surface area contributed by atoms with Gasteiger partial charge in [0.15, 0.2) is 0 Å². The van der Waals surface area contributed by atoms with Crippen molar-refractivity contribution in [3.8, 4) is 0 Å². The second-order valence-corrected chi connectivity index (χ2v) is 8.02. The van der Waals surface area contributed by atoms with Crippen molar-refractivity contribution in [1.82, 2.24) is 4.98 Å². The maximum Gasteiger partial charge on any atom is 0.264 e. The Morgan fingerprint density at radius 1 is 1.04 bits per heavy atom. The Kier molecular flexibility index (Phi) is 5.43. The molecule has 0 saturated carbocycles. The molecule has 3 aromatic rings. The van der Waals surface area contributed by atoms with Gasteiger partial charge in [-0.1, -0.05) is 29.8 Å². The first-order chi connectivity index (χ1) is 12.9. The van der Waals surface area contributed by atoms with Gasteiger partial charge in [-0.15, -0.1) is 0 Å². The number of halogens is 1. The van der Waals surface area contributed by atoms with Crippen LogP contribution in [-0.4, -0.2) is 26.4 Å². The average molecular weight is 402 g/mol. The second-order valence-electron chi connectivity index (χ2n) is 5.64. The van der Waals surface area contributed by atoms with Gasteiger partial charge in [0.2, 0.25) is 0 Å². The minimum atomic E-state index is -3.85. The molecule has 0 radical (unpaired) electrons. The topological polar surface area (TPSA) is 79.4 Å². The number of hydrogen-bond donors (Lipinski definition) is 1. The van der Waals surface area contributed by atoms with Crippen LogP contribution < -0.4 is 9.62 Å². The van der Waals surface area contributed by atoms with E-state index >= 15 is 0 Å². The number of hydrogen-bond acceptors (Lipinski definition) is 4. The number of pyridine rings is 1. The molecular formula is C19H16ClN3O3S. The highest BCUT2D eigenvalue weighted by Crippen LogP contribution is 2.26. The Morgan fingerprint density at radius 3 is 2.37 bits per heavy atom. The molecule has 1 heterocycles. The third-order valence-electron chi connectivity index (χ3n) is 3.90. The molecule has 0 aliphatic heterocycles. The van der Waals surface area contributed by atoms with Crippen molar-refractivity contribution in [2.24, 2.45) is 0 Å². The van der Waals surface area contributed by atoms with Crippen LogP contribution in [0.1, 0.15) is 10.4 Å². The van der Waals surface area contributed by atoms with Gasteiger partial charge in [-0.3, -0.25) is 14.1 Å². The molecule has 0 aliphatic rings. The molecule has 0 saturated heterocycles. The first kappa shape index (κ1) is 18.9. The molecule has 0 unspecified atom stereocenters. The van der Waals surface area contributed by atoms with Gasteiger partial charge in [0.05, 0.1) is 21.2 Å². The Balaban J connectivity index is 1.94. The maximum absolute atomic E-state index is 12.9. The van der Waals surface area contributed by atoms with E-state index in [1.54, 1.807) is 42.5 Å². The lowest BCUT2D eigenvalue weighted by Crippen LogP contribution is -2.27. The maximum atomic E-state index is 12.9. The highest BCUT2D eigenvalue weighted by molar-refractivity contribution is 7.92. The first-order valence-corrected chi connectivity index (χ1v) is 9.76. The molecule has 0 atom stereocenters. The van der Waals surface area contributed by atoms with Crippen LogP contribution in [0.4, 0.5) is 11.4 Å². The van der Waals surface area contributed by atoms with E-state index in [0.717, 1.165) is 4.31 Å². The van der Waals surface area contributed by atoms with Crippen LogP contribution in [0, 0.1) is 0 Å². The zero-order valence-corrected chi connectivity index (χ0v) is 15.9. The van der Waals surface area contributed by atoms with E-state index in [0.29, 0.717) is 11.4 Å². The van der Waals surface area contributed by atoms with E-state index < -0.39 is 15.9 Å². The fraction of sp³-hybridized carbons (Fsp3) is 0.0526. The summed E-state index contributed by atoms with van der Waals surface area (Å²) in [6.07, 6.45) is 3.07. The fourth-order valence-electron chi connectivity index (χ4n) is 2.41. The van der Waals surface area contributed by atoms with Crippen LogP contribution in [0.5, 0.6) is 0 Å². The van der Waals surface area contributed by atoms with E-state index in [-0.39, 0.29) is 15.5 Å². The first-order valence-electron chi connectivity index (χ1n) is 7.94. The Morgan fingerprint density at radius 2 is 1.70 bits per heavy atom. The van der Waals surface area contributed by atoms with Gasteiger partial charge < -0.3 is 5.32 Å². The van der Waals surface area contributed by atoms with Gasteiger partial charge in [-0.25, -0.2) is 8.42 Å². The number of benzene rings is 2. The van der Waals surface area contributed by atoms with Crippen molar-refractivity contribution in [2.45, 2.75) is 4.90 Å². The number of aromatic nitrogens is 1. The number of sulfonamides is 1. The fourth-order valence-corrected chi connectivity index (χ4v) is 3.83. The quantitative estimate of drug-likeness (QED) is 0.705. The zero-order chi connectivity index (χ0) is 19.4. The highest BCUT2D eigenvalue weighted by Gasteiger charge is 2.23. The lowest BCUT2D eigenvalue weighted by atomic mass is 10.2. The van der Waals surface area contributed by atoms with Crippen LogP contribution in [0.25, 0.3) is 0 Å². The summed E-state index contributed by atoms with van der Waals surface area (Å²) in [4.78, 5) is 16.4. The predicted octanol–water partition coefficient (Wildman–Crippen LogP) is 3.81. The highest BCUT2D eigenvalue weighted by atomic mass is 35.5. The van der Waals surface area contributed by atoms with E-state index in [4.69, 9.17) is 11.6 Å². The van der Waals surface area contributed by atoms with Crippen molar-refractivity contribution in [2.75, 3.05) is 16.7 Å². The molecule has 3 rings (SSSR count). The molecule has 1 aromatic heterocycles. The molecule has 0 fully saturated rings. The van der Waals surface area contributed by atoms with Crippen molar-refractivity contribution in [1.29, 1.82) is 0 Å². The predicted molar refractivity (Wildman–Crippen MR) is 106 cm³/mol.